The quantitative estimate of drug-likeness (QED) is 0.930. The van der Waals surface area contributed by atoms with Gasteiger partial charge in [-0.1, -0.05) is 29.8 Å². The highest BCUT2D eigenvalue weighted by Gasteiger charge is 2.12. The molecular weight excluding hydrogens is 271 g/mol. The maximum atomic E-state index is 13.8. The van der Waals surface area contributed by atoms with Crippen LogP contribution in [0, 0.1) is 5.82 Å². The molecule has 19 heavy (non-hydrogen) atoms. The SMILES string of the molecule is O=C(O)COc1ccc(Cl)cc1-c1ccccc1F. The van der Waals surface area contributed by atoms with Gasteiger partial charge in [0.15, 0.2) is 6.61 Å². The highest BCUT2D eigenvalue weighted by molar-refractivity contribution is 6.31. The summed E-state index contributed by atoms with van der Waals surface area (Å²) in [5.41, 5.74) is 0.734. The van der Waals surface area contributed by atoms with Gasteiger partial charge in [-0.3, -0.25) is 0 Å². The van der Waals surface area contributed by atoms with Gasteiger partial charge in [-0.05, 0) is 24.3 Å². The van der Waals surface area contributed by atoms with Crippen LogP contribution in [0.2, 0.25) is 5.02 Å². The lowest BCUT2D eigenvalue weighted by Gasteiger charge is -2.11. The van der Waals surface area contributed by atoms with Crippen LogP contribution in [-0.4, -0.2) is 17.7 Å². The topological polar surface area (TPSA) is 46.5 Å². The van der Waals surface area contributed by atoms with Gasteiger partial charge in [0.25, 0.3) is 0 Å². The van der Waals surface area contributed by atoms with E-state index in [9.17, 15) is 9.18 Å². The highest BCUT2D eigenvalue weighted by atomic mass is 35.5. The molecule has 0 amide bonds. The fraction of sp³-hybridized carbons (Fsp3) is 0.0714. The third-order valence-electron chi connectivity index (χ3n) is 2.46. The lowest BCUT2D eigenvalue weighted by molar-refractivity contribution is -0.139. The number of hydrogen-bond donors (Lipinski definition) is 1. The Balaban J connectivity index is 2.46. The molecule has 98 valence electrons. The van der Waals surface area contributed by atoms with E-state index in [0.717, 1.165) is 0 Å². The second kappa shape index (κ2) is 5.71. The van der Waals surface area contributed by atoms with Gasteiger partial charge in [0.2, 0.25) is 0 Å². The molecule has 0 aliphatic carbocycles. The molecule has 0 spiro atoms. The average Bonchev–Trinajstić information content (AvgIpc) is 2.37. The van der Waals surface area contributed by atoms with Crippen molar-refractivity contribution in [2.45, 2.75) is 0 Å². The van der Waals surface area contributed by atoms with E-state index in [1.165, 1.54) is 18.2 Å². The Morgan fingerprint density at radius 3 is 2.63 bits per heavy atom. The zero-order valence-corrected chi connectivity index (χ0v) is 10.5. The molecule has 0 radical (unpaired) electrons. The van der Waals surface area contributed by atoms with E-state index in [4.69, 9.17) is 21.4 Å². The molecular formula is C14H10ClFO3. The first-order valence-corrected chi connectivity index (χ1v) is 5.85. The first-order chi connectivity index (χ1) is 9.08. The number of carbonyl (C=O) groups is 1. The zero-order valence-electron chi connectivity index (χ0n) is 9.77. The minimum atomic E-state index is -1.10. The number of ether oxygens (including phenoxy) is 1. The maximum absolute atomic E-state index is 13.8. The monoisotopic (exact) mass is 280 g/mol. The number of carboxylic acids is 1. The van der Waals surface area contributed by atoms with E-state index in [1.807, 2.05) is 0 Å². The van der Waals surface area contributed by atoms with Crippen LogP contribution in [0.5, 0.6) is 5.75 Å². The summed E-state index contributed by atoms with van der Waals surface area (Å²) in [6.45, 7) is -0.497. The molecule has 2 aromatic carbocycles. The Morgan fingerprint density at radius 1 is 1.21 bits per heavy atom. The van der Waals surface area contributed by atoms with Crippen molar-refractivity contribution in [1.29, 1.82) is 0 Å². The van der Waals surface area contributed by atoms with Crippen LogP contribution in [0.25, 0.3) is 11.1 Å². The Kier molecular flexibility index (Phi) is 4.02. The first-order valence-electron chi connectivity index (χ1n) is 5.47. The summed E-state index contributed by atoms with van der Waals surface area (Å²) in [5.74, 6) is -1.25. The largest absolute Gasteiger partial charge is 0.481 e. The molecule has 0 saturated heterocycles. The zero-order chi connectivity index (χ0) is 13.8. The van der Waals surface area contributed by atoms with Gasteiger partial charge >= 0.3 is 5.97 Å². The number of halogens is 2. The van der Waals surface area contributed by atoms with E-state index >= 15 is 0 Å². The van der Waals surface area contributed by atoms with Crippen LogP contribution < -0.4 is 4.74 Å². The lowest BCUT2D eigenvalue weighted by Crippen LogP contribution is -2.10. The van der Waals surface area contributed by atoms with Crippen molar-refractivity contribution in [3.8, 4) is 16.9 Å². The normalized spacial score (nSPS) is 10.2. The standard InChI is InChI=1S/C14H10ClFO3/c15-9-5-6-13(19-8-14(17)18)11(7-9)10-3-1-2-4-12(10)16/h1-7H,8H2,(H,17,18). The Morgan fingerprint density at radius 2 is 1.95 bits per heavy atom. The van der Waals surface area contributed by atoms with Gasteiger partial charge in [-0.2, -0.15) is 0 Å². The van der Waals surface area contributed by atoms with Crippen molar-refractivity contribution in [2.24, 2.45) is 0 Å². The van der Waals surface area contributed by atoms with Gasteiger partial charge in [-0.15, -0.1) is 0 Å². The second-order valence-electron chi connectivity index (χ2n) is 3.80. The van der Waals surface area contributed by atoms with Crippen molar-refractivity contribution in [1.82, 2.24) is 0 Å². The predicted octanol–water partition coefficient (Wildman–Crippen LogP) is 3.61. The van der Waals surface area contributed by atoms with Crippen molar-refractivity contribution in [3.05, 3.63) is 53.3 Å². The number of rotatable bonds is 4. The van der Waals surface area contributed by atoms with Gasteiger partial charge in [0, 0.05) is 16.1 Å². The third kappa shape index (κ3) is 3.23. The summed E-state index contributed by atoms with van der Waals surface area (Å²) >= 11 is 5.89. The molecule has 0 aliphatic heterocycles. The fourth-order valence-electron chi connectivity index (χ4n) is 1.66. The summed E-state index contributed by atoms with van der Waals surface area (Å²) in [5, 5.41) is 9.04. The third-order valence-corrected chi connectivity index (χ3v) is 2.69. The van der Waals surface area contributed by atoms with Crippen molar-refractivity contribution < 1.29 is 19.0 Å². The van der Waals surface area contributed by atoms with Gasteiger partial charge in [-0.25, -0.2) is 9.18 Å². The molecule has 0 heterocycles. The van der Waals surface area contributed by atoms with E-state index in [-0.39, 0.29) is 5.75 Å². The average molecular weight is 281 g/mol. The van der Waals surface area contributed by atoms with Gasteiger partial charge in [0.05, 0.1) is 0 Å². The second-order valence-corrected chi connectivity index (χ2v) is 4.24. The van der Waals surface area contributed by atoms with Crippen LogP contribution in [0.4, 0.5) is 4.39 Å². The number of benzene rings is 2. The number of carboxylic acid groups (broad SMARTS) is 1. The minimum absolute atomic E-state index is 0.275. The molecule has 0 bridgehead atoms. The summed E-state index contributed by atoms with van der Waals surface area (Å²) in [6, 6.07) is 10.8. The molecule has 0 aliphatic rings. The lowest BCUT2D eigenvalue weighted by atomic mass is 10.0. The van der Waals surface area contributed by atoms with Gasteiger partial charge in [0.1, 0.15) is 11.6 Å². The van der Waals surface area contributed by atoms with Crippen LogP contribution >= 0.6 is 11.6 Å². The summed E-state index contributed by atoms with van der Waals surface area (Å²) < 4.78 is 18.9. The van der Waals surface area contributed by atoms with Crippen LogP contribution in [-0.2, 0) is 4.79 Å². The maximum Gasteiger partial charge on any atom is 0.341 e. The summed E-state index contributed by atoms with van der Waals surface area (Å²) in [6.07, 6.45) is 0. The molecule has 5 heteroatoms. The fourth-order valence-corrected chi connectivity index (χ4v) is 1.83. The van der Waals surface area contributed by atoms with Crippen molar-refractivity contribution >= 4 is 17.6 Å². The van der Waals surface area contributed by atoms with Crippen molar-refractivity contribution in [2.75, 3.05) is 6.61 Å². The molecule has 0 atom stereocenters. The first kappa shape index (κ1) is 13.4. The summed E-state index contributed by atoms with van der Waals surface area (Å²) in [7, 11) is 0. The van der Waals surface area contributed by atoms with E-state index in [0.29, 0.717) is 16.1 Å². The van der Waals surface area contributed by atoms with Crippen LogP contribution in [0.3, 0.4) is 0 Å². The number of aliphatic carboxylic acids is 1. The molecule has 0 aromatic heterocycles. The Hall–Kier alpha value is -2.07. The van der Waals surface area contributed by atoms with Crippen LogP contribution in [0.15, 0.2) is 42.5 Å². The summed E-state index contributed by atoms with van der Waals surface area (Å²) in [4.78, 5) is 10.5. The van der Waals surface area contributed by atoms with E-state index in [2.05, 4.69) is 0 Å². The molecule has 3 nitrogen and oxygen atoms in total. The Labute approximate surface area is 114 Å². The van der Waals surface area contributed by atoms with Gasteiger partial charge < -0.3 is 9.84 Å². The molecule has 2 aromatic rings. The number of hydrogen-bond acceptors (Lipinski definition) is 2. The van der Waals surface area contributed by atoms with Crippen LogP contribution in [0.1, 0.15) is 0 Å². The highest BCUT2D eigenvalue weighted by Crippen LogP contribution is 2.34. The van der Waals surface area contributed by atoms with E-state index in [1.54, 1.807) is 24.3 Å². The Bertz CT molecular complexity index is 613. The minimum Gasteiger partial charge on any atom is -0.481 e. The van der Waals surface area contributed by atoms with Crippen molar-refractivity contribution in [3.63, 3.8) is 0 Å². The molecule has 0 unspecified atom stereocenters. The predicted molar refractivity (Wildman–Crippen MR) is 70.0 cm³/mol. The molecule has 2 rings (SSSR count). The smallest absolute Gasteiger partial charge is 0.341 e. The molecule has 1 N–H and O–H groups in total. The molecule has 0 saturated carbocycles. The van der Waals surface area contributed by atoms with E-state index < -0.39 is 18.4 Å². The molecule has 0 fully saturated rings.